The summed E-state index contributed by atoms with van der Waals surface area (Å²) in [5, 5.41) is 3.41. The summed E-state index contributed by atoms with van der Waals surface area (Å²) in [6.45, 7) is 0. The average molecular weight is 257 g/mol. The Bertz CT molecular complexity index is 461. The molecule has 0 heterocycles. The van der Waals surface area contributed by atoms with Crippen LogP contribution in [0, 0.1) is 0 Å². The van der Waals surface area contributed by atoms with Gasteiger partial charge in [-0.2, -0.15) is 0 Å². The van der Waals surface area contributed by atoms with E-state index in [0.29, 0.717) is 18.0 Å². The third-order valence-electron chi connectivity index (χ3n) is 4.35. The van der Waals surface area contributed by atoms with Crippen molar-refractivity contribution in [2.45, 2.75) is 57.0 Å². The van der Waals surface area contributed by atoms with Gasteiger partial charge < -0.3 is 11.1 Å². The second kappa shape index (κ2) is 5.64. The highest BCUT2D eigenvalue weighted by Gasteiger charge is 2.19. The van der Waals surface area contributed by atoms with Crippen LogP contribution in [-0.4, -0.2) is 18.0 Å². The second-order valence-electron chi connectivity index (χ2n) is 5.81. The number of aliphatic imine (C=N–C) groups is 1. The number of hydrogen-bond donors (Lipinski definition) is 2. The molecule has 19 heavy (non-hydrogen) atoms. The molecule has 2 aliphatic rings. The van der Waals surface area contributed by atoms with Crippen LogP contribution < -0.4 is 11.1 Å². The fourth-order valence-corrected chi connectivity index (χ4v) is 3.30. The van der Waals surface area contributed by atoms with Gasteiger partial charge in [0.2, 0.25) is 0 Å². The van der Waals surface area contributed by atoms with Crippen molar-refractivity contribution < 1.29 is 0 Å². The van der Waals surface area contributed by atoms with Crippen molar-refractivity contribution >= 4 is 5.96 Å². The topological polar surface area (TPSA) is 50.4 Å². The summed E-state index contributed by atoms with van der Waals surface area (Å²) in [7, 11) is 0. The van der Waals surface area contributed by atoms with Crippen LogP contribution >= 0.6 is 0 Å². The van der Waals surface area contributed by atoms with Crippen molar-refractivity contribution in [3.63, 3.8) is 0 Å². The Morgan fingerprint density at radius 1 is 1.11 bits per heavy atom. The zero-order valence-corrected chi connectivity index (χ0v) is 11.4. The van der Waals surface area contributed by atoms with Crippen LogP contribution in [-0.2, 0) is 12.8 Å². The van der Waals surface area contributed by atoms with Gasteiger partial charge in [0.1, 0.15) is 0 Å². The fraction of sp³-hybridized carbons (Fsp3) is 0.562. The normalized spacial score (nSPS) is 24.2. The monoisotopic (exact) mass is 257 g/mol. The number of nitrogens with two attached hydrogens (primary N) is 1. The standard InChI is InChI=1S/C16H23N3/c17-16(18-14-7-3-4-8-14)19-15-10-9-12-5-1-2-6-13(12)11-15/h1-2,5-6,14-15H,3-4,7-11H2,(H3,17,18,19). The Balaban J connectivity index is 1.59. The van der Waals surface area contributed by atoms with Gasteiger partial charge in [0.25, 0.3) is 0 Å². The lowest BCUT2D eigenvalue weighted by molar-refractivity contribution is 0.524. The Morgan fingerprint density at radius 3 is 2.63 bits per heavy atom. The van der Waals surface area contributed by atoms with Crippen molar-refractivity contribution in [2.75, 3.05) is 0 Å². The number of aryl methyl sites for hydroxylation is 1. The zero-order valence-electron chi connectivity index (χ0n) is 11.4. The maximum atomic E-state index is 6.04. The summed E-state index contributed by atoms with van der Waals surface area (Å²) in [6, 6.07) is 9.62. The van der Waals surface area contributed by atoms with E-state index in [1.54, 1.807) is 0 Å². The Labute approximate surface area is 115 Å². The van der Waals surface area contributed by atoms with E-state index in [0.717, 1.165) is 19.3 Å². The SMILES string of the molecule is NC(=NC1CCCC1)NC1CCc2ccccc2C1. The molecule has 0 aliphatic heterocycles. The highest BCUT2D eigenvalue weighted by Crippen LogP contribution is 2.22. The van der Waals surface area contributed by atoms with Gasteiger partial charge in [-0.25, -0.2) is 0 Å². The molecule has 0 bridgehead atoms. The number of guanidine groups is 1. The quantitative estimate of drug-likeness (QED) is 0.631. The second-order valence-corrected chi connectivity index (χ2v) is 5.81. The number of hydrogen-bond acceptors (Lipinski definition) is 1. The van der Waals surface area contributed by atoms with Gasteiger partial charge in [-0.15, -0.1) is 0 Å². The first-order chi connectivity index (χ1) is 9.31. The van der Waals surface area contributed by atoms with Gasteiger partial charge in [-0.1, -0.05) is 37.1 Å². The van der Waals surface area contributed by atoms with Crippen LogP contribution in [0.25, 0.3) is 0 Å². The van der Waals surface area contributed by atoms with Gasteiger partial charge in [0, 0.05) is 6.04 Å². The third-order valence-corrected chi connectivity index (χ3v) is 4.35. The first kappa shape index (κ1) is 12.5. The Kier molecular flexibility index (Phi) is 3.72. The maximum absolute atomic E-state index is 6.04. The third kappa shape index (κ3) is 3.09. The largest absolute Gasteiger partial charge is 0.370 e. The van der Waals surface area contributed by atoms with Crippen LogP contribution in [0.3, 0.4) is 0 Å². The molecule has 0 aromatic heterocycles. The summed E-state index contributed by atoms with van der Waals surface area (Å²) < 4.78 is 0. The first-order valence-electron chi connectivity index (χ1n) is 7.48. The molecule has 3 nitrogen and oxygen atoms in total. The highest BCUT2D eigenvalue weighted by atomic mass is 15.1. The Morgan fingerprint density at radius 2 is 1.84 bits per heavy atom. The van der Waals surface area contributed by atoms with Gasteiger partial charge in [-0.05, 0) is 43.2 Å². The molecule has 3 N–H and O–H groups in total. The molecule has 2 aliphatic carbocycles. The number of nitrogens with zero attached hydrogens (tertiary/aromatic N) is 1. The number of benzene rings is 1. The molecule has 1 saturated carbocycles. The Hall–Kier alpha value is -1.51. The van der Waals surface area contributed by atoms with E-state index >= 15 is 0 Å². The van der Waals surface area contributed by atoms with Gasteiger partial charge in [-0.3, -0.25) is 4.99 Å². The number of fused-ring (bicyclic) bond motifs is 1. The predicted molar refractivity (Wildman–Crippen MR) is 79.3 cm³/mol. The fourth-order valence-electron chi connectivity index (χ4n) is 3.30. The summed E-state index contributed by atoms with van der Waals surface area (Å²) >= 11 is 0. The summed E-state index contributed by atoms with van der Waals surface area (Å²) in [5.74, 6) is 0.649. The van der Waals surface area contributed by atoms with Crippen LogP contribution in [0.15, 0.2) is 29.3 Å². The smallest absolute Gasteiger partial charge is 0.189 e. The lowest BCUT2D eigenvalue weighted by Crippen LogP contribution is -2.43. The molecule has 1 aromatic rings. The lowest BCUT2D eigenvalue weighted by atomic mass is 9.88. The van der Waals surface area contributed by atoms with Gasteiger partial charge in [0.15, 0.2) is 5.96 Å². The molecular weight excluding hydrogens is 234 g/mol. The molecule has 1 unspecified atom stereocenters. The highest BCUT2D eigenvalue weighted by molar-refractivity contribution is 5.78. The van der Waals surface area contributed by atoms with Crippen LogP contribution in [0.2, 0.25) is 0 Å². The molecule has 1 atom stereocenters. The van der Waals surface area contributed by atoms with Crippen LogP contribution in [0.1, 0.15) is 43.2 Å². The molecule has 0 amide bonds. The van der Waals surface area contributed by atoms with E-state index in [2.05, 4.69) is 34.6 Å². The molecule has 0 saturated heterocycles. The zero-order chi connectivity index (χ0) is 13.1. The molecule has 3 heteroatoms. The van der Waals surface area contributed by atoms with E-state index in [1.165, 1.54) is 36.8 Å². The van der Waals surface area contributed by atoms with Crippen LogP contribution in [0.4, 0.5) is 0 Å². The molecule has 1 fully saturated rings. The van der Waals surface area contributed by atoms with E-state index in [-0.39, 0.29) is 0 Å². The van der Waals surface area contributed by atoms with Crippen LogP contribution in [0.5, 0.6) is 0 Å². The predicted octanol–water partition coefficient (Wildman–Crippen LogP) is 2.39. The van der Waals surface area contributed by atoms with Crippen molar-refractivity contribution in [2.24, 2.45) is 10.7 Å². The molecular formula is C16H23N3. The number of rotatable bonds is 2. The van der Waals surface area contributed by atoms with Gasteiger partial charge in [0.05, 0.1) is 6.04 Å². The van der Waals surface area contributed by atoms with E-state index in [4.69, 9.17) is 5.73 Å². The van der Waals surface area contributed by atoms with Crippen molar-refractivity contribution in [1.82, 2.24) is 5.32 Å². The minimum absolute atomic E-state index is 0.444. The molecule has 102 valence electrons. The van der Waals surface area contributed by atoms with Crippen molar-refractivity contribution in [3.8, 4) is 0 Å². The molecule has 0 spiro atoms. The average Bonchev–Trinajstić information content (AvgIpc) is 2.91. The summed E-state index contributed by atoms with van der Waals surface area (Å²) in [4.78, 5) is 4.61. The van der Waals surface area contributed by atoms with E-state index < -0.39 is 0 Å². The summed E-state index contributed by atoms with van der Waals surface area (Å²) in [6.07, 6.45) is 8.38. The lowest BCUT2D eigenvalue weighted by Gasteiger charge is -2.26. The molecule has 1 aromatic carbocycles. The minimum Gasteiger partial charge on any atom is -0.370 e. The molecule has 3 rings (SSSR count). The maximum Gasteiger partial charge on any atom is 0.189 e. The summed E-state index contributed by atoms with van der Waals surface area (Å²) in [5.41, 5.74) is 8.99. The van der Waals surface area contributed by atoms with E-state index in [9.17, 15) is 0 Å². The number of nitrogens with one attached hydrogen (secondary N) is 1. The first-order valence-corrected chi connectivity index (χ1v) is 7.48. The van der Waals surface area contributed by atoms with Crippen molar-refractivity contribution in [1.29, 1.82) is 0 Å². The minimum atomic E-state index is 0.444. The molecule has 0 radical (unpaired) electrons. The van der Waals surface area contributed by atoms with Crippen molar-refractivity contribution in [3.05, 3.63) is 35.4 Å². The van der Waals surface area contributed by atoms with E-state index in [1.807, 2.05) is 0 Å². The van der Waals surface area contributed by atoms with Gasteiger partial charge >= 0.3 is 0 Å².